The van der Waals surface area contributed by atoms with Crippen LogP contribution in [0.3, 0.4) is 0 Å². The SMILES string of the molecule is CN(C)CCN(CC(=O)OC(C)(C)C)C(=O)c1cnc(C(C)(C)C)s1. The van der Waals surface area contributed by atoms with E-state index in [4.69, 9.17) is 4.74 Å². The molecule has 1 aromatic heterocycles. The fourth-order valence-electron chi connectivity index (χ4n) is 1.98. The molecule has 142 valence electrons. The van der Waals surface area contributed by atoms with Crippen LogP contribution in [-0.2, 0) is 14.9 Å². The number of carbonyl (C=O) groups is 2. The third-order valence-corrected chi connectivity index (χ3v) is 4.61. The number of rotatable bonds is 6. The lowest BCUT2D eigenvalue weighted by molar-refractivity contribution is -0.155. The molecule has 0 atom stereocenters. The second-order valence-electron chi connectivity index (χ2n) is 8.40. The largest absolute Gasteiger partial charge is 0.459 e. The zero-order chi connectivity index (χ0) is 19.4. The highest BCUT2D eigenvalue weighted by molar-refractivity contribution is 7.13. The van der Waals surface area contributed by atoms with Gasteiger partial charge < -0.3 is 14.5 Å². The summed E-state index contributed by atoms with van der Waals surface area (Å²) >= 11 is 1.38. The standard InChI is InChI=1S/C18H31N3O3S/c1-17(2,3)16-19-11-13(25-16)15(23)21(10-9-20(7)8)12-14(22)24-18(4,5)6/h11H,9-10,12H2,1-8H3. The number of nitrogens with zero attached hydrogens (tertiary/aromatic N) is 3. The van der Waals surface area contributed by atoms with Gasteiger partial charge >= 0.3 is 5.97 Å². The van der Waals surface area contributed by atoms with Gasteiger partial charge in [-0.2, -0.15) is 0 Å². The van der Waals surface area contributed by atoms with E-state index in [9.17, 15) is 9.59 Å². The first-order valence-electron chi connectivity index (χ1n) is 8.42. The molecule has 0 saturated carbocycles. The summed E-state index contributed by atoms with van der Waals surface area (Å²) in [6.45, 7) is 12.7. The van der Waals surface area contributed by atoms with Gasteiger partial charge in [0, 0.05) is 18.5 Å². The van der Waals surface area contributed by atoms with Gasteiger partial charge in [-0.05, 0) is 34.9 Å². The van der Waals surface area contributed by atoms with Crippen molar-refractivity contribution >= 4 is 23.2 Å². The van der Waals surface area contributed by atoms with Crippen LogP contribution in [0.4, 0.5) is 0 Å². The van der Waals surface area contributed by atoms with Crippen LogP contribution >= 0.6 is 11.3 Å². The van der Waals surface area contributed by atoms with Crippen molar-refractivity contribution in [1.29, 1.82) is 0 Å². The number of aromatic nitrogens is 1. The van der Waals surface area contributed by atoms with Gasteiger partial charge in [0.15, 0.2) is 0 Å². The van der Waals surface area contributed by atoms with Crippen molar-refractivity contribution in [3.63, 3.8) is 0 Å². The maximum Gasteiger partial charge on any atom is 0.326 e. The number of esters is 1. The predicted molar refractivity (Wildman–Crippen MR) is 101 cm³/mol. The number of hydrogen-bond donors (Lipinski definition) is 0. The molecule has 0 aliphatic carbocycles. The summed E-state index contributed by atoms with van der Waals surface area (Å²) in [6.07, 6.45) is 1.60. The molecule has 1 rings (SSSR count). The Labute approximate surface area is 155 Å². The lowest BCUT2D eigenvalue weighted by atomic mass is 9.98. The summed E-state index contributed by atoms with van der Waals surface area (Å²) in [5, 5.41) is 0.903. The number of thiazole rings is 1. The first kappa shape index (κ1) is 21.6. The quantitative estimate of drug-likeness (QED) is 0.722. The lowest BCUT2D eigenvalue weighted by Gasteiger charge is -2.26. The minimum absolute atomic E-state index is 0.0628. The van der Waals surface area contributed by atoms with Crippen LogP contribution in [0.25, 0.3) is 0 Å². The van der Waals surface area contributed by atoms with Crippen molar-refractivity contribution in [3.05, 3.63) is 16.1 Å². The van der Waals surface area contributed by atoms with Crippen molar-refractivity contribution in [3.8, 4) is 0 Å². The Hall–Kier alpha value is -1.47. The summed E-state index contributed by atoms with van der Waals surface area (Å²) in [5.74, 6) is -0.583. The van der Waals surface area contributed by atoms with Crippen LogP contribution in [0, 0.1) is 0 Å². The Morgan fingerprint density at radius 2 is 1.72 bits per heavy atom. The second-order valence-corrected chi connectivity index (χ2v) is 9.43. The van der Waals surface area contributed by atoms with Crippen molar-refractivity contribution in [2.75, 3.05) is 33.7 Å². The van der Waals surface area contributed by atoms with Crippen LogP contribution in [-0.4, -0.2) is 66.0 Å². The second kappa shape index (κ2) is 8.27. The van der Waals surface area contributed by atoms with E-state index in [0.717, 1.165) is 5.01 Å². The Morgan fingerprint density at radius 1 is 1.12 bits per heavy atom. The molecule has 0 aromatic carbocycles. The fourth-order valence-corrected chi connectivity index (χ4v) is 2.92. The molecule has 0 bridgehead atoms. The number of likely N-dealkylation sites (N-methyl/N-ethyl adjacent to an activating group) is 1. The van der Waals surface area contributed by atoms with Crippen LogP contribution in [0.5, 0.6) is 0 Å². The maximum absolute atomic E-state index is 12.9. The number of amides is 1. The molecule has 0 fully saturated rings. The summed E-state index contributed by atoms with van der Waals surface area (Å²) in [4.78, 5) is 33.5. The minimum atomic E-state index is -0.572. The van der Waals surface area contributed by atoms with Crippen molar-refractivity contribution in [2.24, 2.45) is 0 Å². The van der Waals surface area contributed by atoms with E-state index < -0.39 is 11.6 Å². The Balaban J connectivity index is 2.92. The summed E-state index contributed by atoms with van der Waals surface area (Å²) < 4.78 is 5.36. The smallest absolute Gasteiger partial charge is 0.326 e. The summed E-state index contributed by atoms with van der Waals surface area (Å²) in [7, 11) is 3.86. The fraction of sp³-hybridized carbons (Fsp3) is 0.722. The van der Waals surface area contributed by atoms with Gasteiger partial charge in [-0.3, -0.25) is 9.59 Å². The zero-order valence-electron chi connectivity index (χ0n) is 16.7. The number of ether oxygens (including phenoxy) is 1. The predicted octanol–water partition coefficient (Wildman–Crippen LogP) is 2.79. The Kier molecular flexibility index (Phi) is 7.14. The molecule has 1 amide bonds. The van der Waals surface area contributed by atoms with Crippen LogP contribution in [0.2, 0.25) is 0 Å². The monoisotopic (exact) mass is 369 g/mol. The molecular formula is C18H31N3O3S. The van der Waals surface area contributed by atoms with Crippen molar-refractivity contribution in [1.82, 2.24) is 14.8 Å². The highest BCUT2D eigenvalue weighted by atomic mass is 32.1. The normalized spacial score (nSPS) is 12.4. The van der Waals surface area contributed by atoms with Crippen molar-refractivity contribution in [2.45, 2.75) is 52.6 Å². The van der Waals surface area contributed by atoms with Crippen LogP contribution in [0.15, 0.2) is 6.20 Å². The van der Waals surface area contributed by atoms with E-state index >= 15 is 0 Å². The third-order valence-electron chi connectivity index (χ3n) is 3.20. The molecule has 1 heterocycles. The molecule has 0 aliphatic heterocycles. The molecule has 6 nitrogen and oxygen atoms in total. The summed E-state index contributed by atoms with van der Waals surface area (Å²) in [5.41, 5.74) is -0.680. The maximum atomic E-state index is 12.9. The van der Waals surface area contributed by atoms with Gasteiger partial charge in [0.2, 0.25) is 0 Å². The van der Waals surface area contributed by atoms with Gasteiger partial charge in [0.1, 0.15) is 17.0 Å². The van der Waals surface area contributed by atoms with Crippen LogP contribution in [0.1, 0.15) is 56.2 Å². The third kappa shape index (κ3) is 7.52. The molecular weight excluding hydrogens is 338 g/mol. The molecule has 0 aliphatic rings. The average Bonchev–Trinajstić information content (AvgIpc) is 2.90. The minimum Gasteiger partial charge on any atom is -0.459 e. The summed E-state index contributed by atoms with van der Waals surface area (Å²) in [6, 6.07) is 0. The molecule has 0 unspecified atom stereocenters. The van der Waals surface area contributed by atoms with E-state index in [0.29, 0.717) is 18.0 Å². The van der Waals surface area contributed by atoms with E-state index in [1.54, 1.807) is 6.20 Å². The van der Waals surface area contributed by atoms with Crippen molar-refractivity contribution < 1.29 is 14.3 Å². The van der Waals surface area contributed by atoms with Crippen LogP contribution < -0.4 is 0 Å². The average molecular weight is 370 g/mol. The van der Waals surface area contributed by atoms with Gasteiger partial charge in [-0.25, -0.2) is 4.98 Å². The molecule has 1 aromatic rings. The molecule has 25 heavy (non-hydrogen) atoms. The lowest BCUT2D eigenvalue weighted by Crippen LogP contribution is -2.41. The molecule has 0 spiro atoms. The Bertz CT molecular complexity index is 597. The molecule has 0 radical (unpaired) electrons. The molecule has 0 N–H and O–H groups in total. The Morgan fingerprint density at radius 3 is 2.16 bits per heavy atom. The first-order chi connectivity index (χ1) is 11.3. The molecule has 0 saturated heterocycles. The van der Waals surface area contributed by atoms with E-state index in [1.165, 1.54) is 16.2 Å². The van der Waals surface area contributed by atoms with E-state index in [-0.39, 0.29) is 17.9 Å². The number of hydrogen-bond acceptors (Lipinski definition) is 6. The van der Waals surface area contributed by atoms with Gasteiger partial charge in [-0.1, -0.05) is 20.8 Å². The van der Waals surface area contributed by atoms with Gasteiger partial charge in [-0.15, -0.1) is 11.3 Å². The zero-order valence-corrected chi connectivity index (χ0v) is 17.5. The number of carbonyl (C=O) groups excluding carboxylic acids is 2. The molecule has 7 heteroatoms. The first-order valence-corrected chi connectivity index (χ1v) is 9.23. The topological polar surface area (TPSA) is 62.7 Å². The highest BCUT2D eigenvalue weighted by Gasteiger charge is 2.26. The van der Waals surface area contributed by atoms with Gasteiger partial charge in [0.05, 0.1) is 11.2 Å². The van der Waals surface area contributed by atoms with E-state index in [1.807, 2.05) is 39.8 Å². The van der Waals surface area contributed by atoms with Gasteiger partial charge in [0.25, 0.3) is 5.91 Å². The van der Waals surface area contributed by atoms with E-state index in [2.05, 4.69) is 25.8 Å². The highest BCUT2D eigenvalue weighted by Crippen LogP contribution is 2.27.